The fraction of sp³-hybridized carbons (Fsp3) is 0.522. The highest BCUT2D eigenvalue weighted by Crippen LogP contribution is 2.20. The first kappa shape index (κ1) is 90.2. The van der Waals surface area contributed by atoms with Gasteiger partial charge in [0, 0.05) is 55.9 Å². The SMILES string of the molecule is CC(C)C[C@H](NC(=O)[C@H](Cc1c[nH]c2ccccc12)NC(=O)[C@H](CCC(N)=O)NC(=O)[C@@H](NC(=O)[C@H](Cc1ccccc1)NC(=O)[C@H](CC(=O)O)NC(=O)[C@H](CCC(N)=O)NC(=O)[C@H](C)NC(=O)[C@H](CCCN=C(N)N)NC(=O)[C@H](CCCN=C(N)N)NC(=O)[C@H](CO)NC(=O)[C@@H](N)CC(=O)O)C(C)C)C(N)=O. The van der Waals surface area contributed by atoms with Gasteiger partial charge in [0.05, 0.1) is 25.5 Å². The molecule has 3 rings (SSSR count). The standard InChI is InChI=1S/C67H102N22O19/c1-32(2)25-44(54(71)97)84-61(104)46(27-36-30-78-39-16-10-9-15-37(36)39)86-60(103)43(20-22-50(70)92)83-65(108)53(33(3)4)89-63(106)45(26-35-13-7-6-8-14-35)85-62(105)47(29-52(95)96)87-59(102)42(19-21-49(69)91)80-55(98)34(5)79-57(100)40(17-11-23-76-66(72)73)81-58(101)41(18-12-24-77-67(74)75)82-64(107)48(31-90)88-56(99)38(68)28-51(93)94/h6-10,13-16,30,32-34,38,40-48,53,78,90H,11-12,17-29,31,68H2,1-5H3,(H2,69,91)(H2,70,92)(H2,71,97)(H,79,100)(H,80,98)(H,81,101)(H,82,107)(H,83,108)(H,84,104)(H,85,105)(H,86,103)(H,87,102)(H,88,99)(H,89,106)(H,93,94)(H,95,96)(H4,72,73,76)(H4,74,75,77)/t34-,38-,40-,41-,42-,43-,44-,45-,46-,47-,48-,53-/m0/s1. The zero-order valence-corrected chi connectivity index (χ0v) is 60.6. The first-order valence-electron chi connectivity index (χ1n) is 34.5. The molecule has 41 nitrogen and oxygen atoms in total. The number of aliphatic imine (C=N–C) groups is 2. The Hall–Kier alpha value is -12.0. The summed E-state index contributed by atoms with van der Waals surface area (Å²) in [5.41, 5.74) is 45.7. The fourth-order valence-corrected chi connectivity index (χ4v) is 10.7. The number of hydrogen-bond acceptors (Lipinski definition) is 20. The minimum atomic E-state index is -2.09. The van der Waals surface area contributed by atoms with Crippen LogP contribution < -0.4 is 104 Å². The van der Waals surface area contributed by atoms with E-state index in [4.69, 9.17) is 51.0 Å². The Balaban J connectivity index is 1.96. The van der Waals surface area contributed by atoms with Crippen LogP contribution in [0.3, 0.4) is 0 Å². The molecule has 0 unspecified atom stereocenters. The molecule has 0 spiro atoms. The second-order valence-corrected chi connectivity index (χ2v) is 26.2. The second-order valence-electron chi connectivity index (χ2n) is 26.2. The van der Waals surface area contributed by atoms with E-state index in [-0.39, 0.29) is 75.9 Å². The van der Waals surface area contributed by atoms with Crippen LogP contribution in [-0.4, -0.2) is 219 Å². The number of primary amides is 3. The third kappa shape index (κ3) is 32.5. The van der Waals surface area contributed by atoms with Gasteiger partial charge in [-0.25, -0.2) is 0 Å². The number of benzene rings is 2. The number of nitrogens with one attached hydrogen (secondary N) is 12. The summed E-state index contributed by atoms with van der Waals surface area (Å²) in [5.74, 6) is -19.5. The first-order chi connectivity index (χ1) is 50.8. The number of carboxylic acid groups (broad SMARTS) is 2. The minimum Gasteiger partial charge on any atom is -0.481 e. The number of carbonyl (C=O) groups is 16. The van der Waals surface area contributed by atoms with Crippen molar-refractivity contribution < 1.29 is 92.0 Å². The van der Waals surface area contributed by atoms with Gasteiger partial charge in [-0.1, -0.05) is 76.2 Å². The van der Waals surface area contributed by atoms with Gasteiger partial charge in [-0.2, -0.15) is 0 Å². The van der Waals surface area contributed by atoms with Crippen molar-refractivity contribution in [2.24, 2.45) is 67.7 Å². The summed E-state index contributed by atoms with van der Waals surface area (Å²) in [7, 11) is 0. The summed E-state index contributed by atoms with van der Waals surface area (Å²) in [6.45, 7) is 6.49. The lowest BCUT2D eigenvalue weighted by molar-refractivity contribution is -0.141. The highest BCUT2D eigenvalue weighted by Gasteiger charge is 2.38. The Kier molecular flexibility index (Phi) is 37.9. The Bertz CT molecular complexity index is 3710. The van der Waals surface area contributed by atoms with Crippen molar-refractivity contribution in [3.8, 4) is 0 Å². The van der Waals surface area contributed by atoms with E-state index in [1.807, 2.05) is 0 Å². The van der Waals surface area contributed by atoms with Crippen molar-refractivity contribution in [3.63, 3.8) is 0 Å². The molecule has 0 aliphatic carbocycles. The maximum absolute atomic E-state index is 14.7. The number of nitrogens with zero attached hydrogens (tertiary/aromatic N) is 2. The number of aliphatic hydroxyl groups excluding tert-OH is 1. The molecule has 41 heteroatoms. The number of guanidine groups is 2. The van der Waals surface area contributed by atoms with Crippen molar-refractivity contribution in [3.05, 3.63) is 71.9 Å². The fourth-order valence-electron chi connectivity index (χ4n) is 10.7. The molecule has 3 aromatic rings. The molecule has 12 atom stereocenters. The lowest BCUT2D eigenvalue weighted by Crippen LogP contribution is -2.61. The molecule has 0 saturated carbocycles. The van der Waals surface area contributed by atoms with E-state index >= 15 is 0 Å². The minimum absolute atomic E-state index is 0.00597. The summed E-state index contributed by atoms with van der Waals surface area (Å²) in [5, 5.41) is 56.5. The summed E-state index contributed by atoms with van der Waals surface area (Å²) < 4.78 is 0. The number of aromatic amines is 1. The highest BCUT2D eigenvalue weighted by atomic mass is 16.4. The zero-order chi connectivity index (χ0) is 81.1. The van der Waals surface area contributed by atoms with Crippen molar-refractivity contribution in [2.75, 3.05) is 19.7 Å². The molecule has 0 saturated heterocycles. The lowest BCUT2D eigenvalue weighted by atomic mass is 9.99. The van der Waals surface area contributed by atoms with Crippen molar-refractivity contribution in [1.29, 1.82) is 0 Å². The van der Waals surface area contributed by atoms with E-state index in [0.29, 0.717) is 22.0 Å². The van der Waals surface area contributed by atoms with Gasteiger partial charge in [0.1, 0.15) is 66.5 Å². The first-order valence-corrected chi connectivity index (χ1v) is 34.5. The second kappa shape index (κ2) is 45.4. The van der Waals surface area contributed by atoms with Crippen LogP contribution in [0, 0.1) is 11.8 Å². The van der Waals surface area contributed by atoms with Gasteiger partial charge in [-0.3, -0.25) is 86.7 Å². The van der Waals surface area contributed by atoms with E-state index in [9.17, 15) is 86.9 Å². The average Bonchev–Trinajstić information content (AvgIpc) is 1.86. The summed E-state index contributed by atoms with van der Waals surface area (Å²) in [6.07, 6.45) is -3.46. The number of carboxylic acids is 2. The largest absolute Gasteiger partial charge is 0.481 e. The molecular formula is C67H102N22O19. The van der Waals surface area contributed by atoms with Gasteiger partial charge in [0.2, 0.25) is 82.7 Å². The Morgan fingerprint density at radius 3 is 1.32 bits per heavy atom. The average molecular weight is 1520 g/mol. The van der Waals surface area contributed by atoms with Crippen LogP contribution in [-0.2, 0) is 89.6 Å². The Morgan fingerprint density at radius 2 is 0.843 bits per heavy atom. The summed E-state index contributed by atoms with van der Waals surface area (Å²) in [6, 6.07) is -4.63. The third-order valence-corrected chi connectivity index (χ3v) is 16.4. The topological polar surface area (TPSA) is 715 Å². The number of aromatic nitrogens is 1. The molecule has 0 radical (unpaired) electrons. The number of nitrogens with two attached hydrogens (primary N) is 8. The van der Waals surface area contributed by atoms with Gasteiger partial charge in [0.25, 0.3) is 0 Å². The predicted octanol–water partition coefficient (Wildman–Crippen LogP) is -7.60. The lowest BCUT2D eigenvalue weighted by Gasteiger charge is -2.29. The zero-order valence-electron chi connectivity index (χ0n) is 60.6. The predicted molar refractivity (Wildman–Crippen MR) is 389 cm³/mol. The number of aliphatic carboxylic acids is 2. The molecule has 0 aliphatic heterocycles. The van der Waals surface area contributed by atoms with Crippen molar-refractivity contribution in [1.82, 2.24) is 63.5 Å². The smallest absolute Gasteiger partial charge is 0.305 e. The van der Waals surface area contributed by atoms with Gasteiger partial charge in [-0.15, -0.1) is 0 Å². The van der Waals surface area contributed by atoms with Crippen LogP contribution in [0.1, 0.15) is 116 Å². The van der Waals surface area contributed by atoms with Crippen LogP contribution in [0.4, 0.5) is 0 Å². The van der Waals surface area contributed by atoms with Gasteiger partial charge >= 0.3 is 11.9 Å². The highest BCUT2D eigenvalue weighted by molar-refractivity contribution is 6.01. The third-order valence-electron chi connectivity index (χ3n) is 16.4. The van der Waals surface area contributed by atoms with E-state index in [2.05, 4.69) is 73.5 Å². The van der Waals surface area contributed by atoms with E-state index in [0.717, 1.165) is 6.92 Å². The number of aliphatic hydroxyl groups is 1. The summed E-state index contributed by atoms with van der Waals surface area (Å²) >= 11 is 0. The molecule has 0 bridgehead atoms. The van der Waals surface area contributed by atoms with Gasteiger partial charge in [0.15, 0.2) is 11.9 Å². The van der Waals surface area contributed by atoms with E-state index in [1.54, 1.807) is 74.6 Å². The number of carbonyl (C=O) groups excluding carboxylic acids is 14. The van der Waals surface area contributed by atoms with E-state index in [1.165, 1.54) is 13.8 Å². The van der Waals surface area contributed by atoms with E-state index < -0.39 is 218 Å². The monoisotopic (exact) mass is 1520 g/mol. The van der Waals surface area contributed by atoms with Crippen LogP contribution >= 0.6 is 0 Å². The number of amides is 14. The normalized spacial score (nSPS) is 14.4. The molecule has 0 aliphatic rings. The maximum atomic E-state index is 14.7. The molecule has 594 valence electrons. The molecule has 0 fully saturated rings. The van der Waals surface area contributed by atoms with Gasteiger partial charge < -0.3 is 125 Å². The number of para-hydroxylation sites is 1. The van der Waals surface area contributed by atoms with Crippen LogP contribution in [0.25, 0.3) is 10.9 Å². The molecule has 1 aromatic heterocycles. The Labute approximate surface area is 620 Å². The molecular weight excluding hydrogens is 1420 g/mol. The Morgan fingerprint density at radius 1 is 0.435 bits per heavy atom. The molecule has 14 amide bonds. The summed E-state index contributed by atoms with van der Waals surface area (Å²) in [4.78, 5) is 226. The number of hydrogen-bond donors (Lipinski definition) is 23. The van der Waals surface area contributed by atoms with Crippen LogP contribution in [0.15, 0.2) is 70.8 Å². The van der Waals surface area contributed by atoms with Gasteiger partial charge in [-0.05, 0) is 80.9 Å². The van der Waals surface area contributed by atoms with Crippen molar-refractivity contribution >= 4 is 117 Å². The number of fused-ring (bicyclic) bond motifs is 1. The van der Waals surface area contributed by atoms with Crippen LogP contribution in [0.2, 0.25) is 0 Å². The van der Waals surface area contributed by atoms with Crippen LogP contribution in [0.5, 0.6) is 0 Å². The molecule has 1 heterocycles. The number of rotatable bonds is 49. The quantitative estimate of drug-likeness (QED) is 0.0142. The molecule has 2 aromatic carbocycles. The van der Waals surface area contributed by atoms with Crippen molar-refractivity contribution in [2.45, 2.75) is 191 Å². The maximum Gasteiger partial charge on any atom is 0.305 e. The number of H-pyrrole nitrogens is 1. The molecule has 31 N–H and O–H groups in total. The molecule has 108 heavy (non-hydrogen) atoms.